The summed E-state index contributed by atoms with van der Waals surface area (Å²) in [5, 5.41) is 9.83. The van der Waals surface area contributed by atoms with Gasteiger partial charge in [-0.3, -0.25) is 4.90 Å². The number of aliphatic carboxylic acids is 1. The van der Waals surface area contributed by atoms with Crippen LogP contribution in [0.25, 0.3) is 11.0 Å². The van der Waals surface area contributed by atoms with Gasteiger partial charge in [-0.15, -0.1) is 0 Å². The van der Waals surface area contributed by atoms with Gasteiger partial charge < -0.3 is 14.4 Å². The van der Waals surface area contributed by atoms with Gasteiger partial charge in [0.25, 0.3) is 0 Å². The summed E-state index contributed by atoms with van der Waals surface area (Å²) < 4.78 is 7.59. The number of para-hydroxylation sites is 2. The number of hydrogen-bond donors (Lipinski definition) is 1. The van der Waals surface area contributed by atoms with Gasteiger partial charge in [-0.2, -0.15) is 0 Å². The molecule has 1 aromatic carbocycles. The molecular formula is C22H33N3O4. The summed E-state index contributed by atoms with van der Waals surface area (Å²) in [6.45, 7) is 10.5. The molecular weight excluding hydrogens is 370 g/mol. The number of carbonyl (C=O) groups excluding carboxylic acids is 1. The standard InChI is InChI=1S/C22H33N3O4/c1-6-14-24-17-11-9-8-10-16(17)23-19(24)13-12-18(20(26)27)25(15-7-2)21(28)29-22(3,4)5/h8-11,18H,6-7,12-15H2,1-5H3,(H,26,27)/t18-/m0/s1. The maximum atomic E-state index is 12.6. The third-order valence-electron chi connectivity index (χ3n) is 4.58. The van der Waals surface area contributed by atoms with E-state index in [1.807, 2.05) is 31.2 Å². The van der Waals surface area contributed by atoms with E-state index in [-0.39, 0.29) is 6.42 Å². The maximum Gasteiger partial charge on any atom is 0.411 e. The lowest BCUT2D eigenvalue weighted by molar-refractivity contribution is -0.143. The molecule has 1 amide bonds. The molecule has 0 bridgehead atoms. The number of hydrogen-bond acceptors (Lipinski definition) is 4. The Bertz CT molecular complexity index is 838. The molecule has 0 aliphatic heterocycles. The van der Waals surface area contributed by atoms with E-state index in [1.165, 1.54) is 4.90 Å². The van der Waals surface area contributed by atoms with Crippen LogP contribution in [0.15, 0.2) is 24.3 Å². The Morgan fingerprint density at radius 2 is 1.90 bits per heavy atom. The number of rotatable bonds is 9. The molecule has 0 aliphatic carbocycles. The van der Waals surface area contributed by atoms with Crippen LogP contribution in [0.5, 0.6) is 0 Å². The number of carbonyl (C=O) groups is 2. The summed E-state index contributed by atoms with van der Waals surface area (Å²) in [5.74, 6) is -0.178. The summed E-state index contributed by atoms with van der Waals surface area (Å²) in [4.78, 5) is 30.7. The molecule has 0 unspecified atom stereocenters. The lowest BCUT2D eigenvalue weighted by Gasteiger charge is -2.31. The largest absolute Gasteiger partial charge is 0.480 e. The fourth-order valence-electron chi connectivity index (χ4n) is 3.40. The van der Waals surface area contributed by atoms with Gasteiger partial charge in [0.05, 0.1) is 11.0 Å². The molecule has 2 rings (SSSR count). The van der Waals surface area contributed by atoms with Crippen LogP contribution in [0.3, 0.4) is 0 Å². The highest BCUT2D eigenvalue weighted by atomic mass is 16.6. The predicted octanol–water partition coefficient (Wildman–Crippen LogP) is 4.48. The Balaban J connectivity index is 2.26. The monoisotopic (exact) mass is 403 g/mol. The molecule has 29 heavy (non-hydrogen) atoms. The predicted molar refractivity (Wildman–Crippen MR) is 113 cm³/mol. The van der Waals surface area contributed by atoms with Crippen LogP contribution in [0, 0.1) is 0 Å². The fourth-order valence-corrected chi connectivity index (χ4v) is 3.40. The molecule has 1 N–H and O–H groups in total. The fraction of sp³-hybridized carbons (Fsp3) is 0.591. The van der Waals surface area contributed by atoms with Crippen LogP contribution in [0.1, 0.15) is 59.7 Å². The molecule has 7 nitrogen and oxygen atoms in total. The van der Waals surface area contributed by atoms with Crippen molar-refractivity contribution < 1.29 is 19.4 Å². The molecule has 0 saturated heterocycles. The summed E-state index contributed by atoms with van der Waals surface area (Å²) in [5.41, 5.74) is 1.27. The second-order valence-electron chi connectivity index (χ2n) is 8.23. The number of fused-ring (bicyclic) bond motifs is 1. The van der Waals surface area contributed by atoms with E-state index in [0.29, 0.717) is 19.4 Å². The van der Waals surface area contributed by atoms with Crippen molar-refractivity contribution >= 4 is 23.1 Å². The van der Waals surface area contributed by atoms with Gasteiger partial charge in [-0.05, 0) is 52.2 Å². The minimum absolute atomic E-state index is 0.279. The first-order valence-corrected chi connectivity index (χ1v) is 10.3. The van der Waals surface area contributed by atoms with E-state index in [0.717, 1.165) is 29.8 Å². The highest BCUT2D eigenvalue weighted by Gasteiger charge is 2.32. The smallest absolute Gasteiger partial charge is 0.411 e. The second kappa shape index (κ2) is 9.76. The molecule has 1 aromatic heterocycles. The number of carboxylic acid groups (broad SMARTS) is 1. The van der Waals surface area contributed by atoms with Gasteiger partial charge in [0.2, 0.25) is 0 Å². The number of aromatic nitrogens is 2. The van der Waals surface area contributed by atoms with Crippen molar-refractivity contribution in [3.8, 4) is 0 Å². The quantitative estimate of drug-likeness (QED) is 0.667. The summed E-state index contributed by atoms with van der Waals surface area (Å²) in [6.07, 6.45) is 1.76. The Hall–Kier alpha value is -2.57. The minimum Gasteiger partial charge on any atom is -0.480 e. The Labute approximate surface area is 172 Å². The lowest BCUT2D eigenvalue weighted by Crippen LogP contribution is -2.47. The van der Waals surface area contributed by atoms with Crippen molar-refractivity contribution in [3.05, 3.63) is 30.1 Å². The van der Waals surface area contributed by atoms with Gasteiger partial charge >= 0.3 is 12.1 Å². The van der Waals surface area contributed by atoms with Crippen molar-refractivity contribution in [1.82, 2.24) is 14.5 Å². The topological polar surface area (TPSA) is 84.7 Å². The molecule has 0 radical (unpaired) electrons. The summed E-state index contributed by atoms with van der Waals surface area (Å²) in [6, 6.07) is 6.95. The van der Waals surface area contributed by atoms with Gasteiger partial charge in [0, 0.05) is 19.5 Å². The Morgan fingerprint density at radius 1 is 1.21 bits per heavy atom. The number of aryl methyl sites for hydroxylation is 2. The second-order valence-corrected chi connectivity index (χ2v) is 8.23. The van der Waals surface area contributed by atoms with Crippen LogP contribution < -0.4 is 0 Å². The summed E-state index contributed by atoms with van der Waals surface area (Å²) in [7, 11) is 0. The highest BCUT2D eigenvalue weighted by molar-refractivity contribution is 5.80. The van der Waals surface area contributed by atoms with Gasteiger partial charge in [-0.1, -0.05) is 26.0 Å². The van der Waals surface area contributed by atoms with Crippen LogP contribution in [-0.4, -0.2) is 49.8 Å². The summed E-state index contributed by atoms with van der Waals surface area (Å²) >= 11 is 0. The number of benzene rings is 1. The minimum atomic E-state index is -1.03. The Morgan fingerprint density at radius 3 is 2.48 bits per heavy atom. The van der Waals surface area contributed by atoms with Crippen molar-refractivity contribution in [2.75, 3.05) is 6.54 Å². The van der Waals surface area contributed by atoms with Crippen molar-refractivity contribution in [1.29, 1.82) is 0 Å². The number of ether oxygens (including phenoxy) is 1. The van der Waals surface area contributed by atoms with E-state index < -0.39 is 23.7 Å². The van der Waals surface area contributed by atoms with Gasteiger partial charge in [0.1, 0.15) is 17.5 Å². The third-order valence-corrected chi connectivity index (χ3v) is 4.58. The SMILES string of the molecule is CCCN(C(=O)OC(C)(C)C)[C@@H](CCc1nc2ccccc2n1CCC)C(=O)O. The van der Waals surface area contributed by atoms with E-state index in [2.05, 4.69) is 11.5 Å². The average Bonchev–Trinajstić information content (AvgIpc) is 2.97. The average molecular weight is 404 g/mol. The van der Waals surface area contributed by atoms with Crippen LogP contribution in [0.4, 0.5) is 4.79 Å². The zero-order valence-corrected chi connectivity index (χ0v) is 18.1. The number of imidazole rings is 1. The molecule has 0 aliphatic rings. The van der Waals surface area contributed by atoms with Gasteiger partial charge in [0.15, 0.2) is 0 Å². The van der Waals surface area contributed by atoms with Crippen LogP contribution in [-0.2, 0) is 22.5 Å². The molecule has 0 fully saturated rings. The third kappa shape index (κ3) is 5.95. The Kier molecular flexibility index (Phi) is 7.65. The normalized spacial score (nSPS) is 12.7. The molecule has 7 heteroatoms. The maximum absolute atomic E-state index is 12.6. The first kappa shape index (κ1) is 22.7. The number of amides is 1. The molecule has 2 aromatic rings. The van der Waals surface area contributed by atoms with E-state index in [9.17, 15) is 14.7 Å². The van der Waals surface area contributed by atoms with Crippen molar-refractivity contribution in [3.63, 3.8) is 0 Å². The number of carboxylic acids is 1. The van der Waals surface area contributed by atoms with Crippen molar-refractivity contribution in [2.24, 2.45) is 0 Å². The van der Waals surface area contributed by atoms with Gasteiger partial charge in [-0.25, -0.2) is 14.6 Å². The molecule has 1 heterocycles. The van der Waals surface area contributed by atoms with E-state index >= 15 is 0 Å². The number of nitrogens with zero attached hydrogens (tertiary/aromatic N) is 3. The highest BCUT2D eigenvalue weighted by Crippen LogP contribution is 2.20. The van der Waals surface area contributed by atoms with E-state index in [4.69, 9.17) is 9.72 Å². The molecule has 0 saturated carbocycles. The van der Waals surface area contributed by atoms with E-state index in [1.54, 1.807) is 20.8 Å². The molecule has 0 spiro atoms. The first-order chi connectivity index (χ1) is 13.7. The molecule has 160 valence electrons. The zero-order chi connectivity index (χ0) is 21.6. The first-order valence-electron chi connectivity index (χ1n) is 10.3. The van der Waals surface area contributed by atoms with Crippen LogP contribution >= 0.6 is 0 Å². The molecule has 1 atom stereocenters. The zero-order valence-electron chi connectivity index (χ0n) is 18.1. The lowest BCUT2D eigenvalue weighted by atomic mass is 10.1. The van der Waals surface area contributed by atoms with Crippen molar-refractivity contribution in [2.45, 2.75) is 78.5 Å². The van der Waals surface area contributed by atoms with Crippen LogP contribution in [0.2, 0.25) is 0 Å².